The van der Waals surface area contributed by atoms with Crippen LogP contribution < -0.4 is 21.3 Å². The summed E-state index contributed by atoms with van der Waals surface area (Å²) in [4.78, 5) is 30.0. The molecule has 0 bridgehead atoms. The quantitative estimate of drug-likeness (QED) is 0.0548. The molecule has 6 rings (SSSR count). The molecule has 4 aromatic carbocycles. The largest absolute Gasteiger partial charge is 0.456 e. The Kier molecular flexibility index (Phi) is 13.4. The van der Waals surface area contributed by atoms with Gasteiger partial charge in [0.2, 0.25) is 11.8 Å². The van der Waals surface area contributed by atoms with E-state index in [1.807, 2.05) is 74.4 Å². The Morgan fingerprint density at radius 1 is 0.714 bits per heavy atom. The van der Waals surface area contributed by atoms with Crippen molar-refractivity contribution in [1.29, 1.82) is 0 Å². The zero-order valence-electron chi connectivity index (χ0n) is 37.1. The SMILES string of the molecule is CCC(C)C(=O)Nc1c(C)cc(C)c(/N=c2/ccc3c(-c4ccccc4S(=O)(=O)O)c4cc(S(=O)(=O)O)c(Nc5c(C)cc(C)c(NC(=O)CCC(C)C)c5C)cc4oc-3c2)c1C. The van der Waals surface area contributed by atoms with Crippen molar-refractivity contribution < 1.29 is 39.9 Å². The van der Waals surface area contributed by atoms with Crippen molar-refractivity contribution in [2.75, 3.05) is 16.0 Å². The van der Waals surface area contributed by atoms with Crippen molar-refractivity contribution in [1.82, 2.24) is 0 Å². The number of amides is 2. The summed E-state index contributed by atoms with van der Waals surface area (Å²) in [5.74, 6) is 0.105. The second-order valence-corrected chi connectivity index (χ2v) is 19.5. The van der Waals surface area contributed by atoms with Gasteiger partial charge in [-0.3, -0.25) is 18.7 Å². The third-order valence-corrected chi connectivity index (χ3v) is 13.2. The van der Waals surface area contributed by atoms with Gasteiger partial charge in [0, 0.05) is 63.6 Å². The van der Waals surface area contributed by atoms with Crippen LogP contribution in [0.4, 0.5) is 28.4 Å². The highest BCUT2D eigenvalue weighted by Crippen LogP contribution is 2.45. The fourth-order valence-electron chi connectivity index (χ4n) is 7.90. The maximum absolute atomic E-state index is 13.3. The average molecular weight is 895 g/mol. The molecule has 332 valence electrons. The van der Waals surface area contributed by atoms with Crippen molar-refractivity contribution in [2.45, 2.75) is 98.3 Å². The average Bonchev–Trinajstić information content (AvgIpc) is 3.20. The molecule has 5 N–H and O–H groups in total. The molecule has 15 heteroatoms. The maximum atomic E-state index is 13.3. The lowest BCUT2D eigenvalue weighted by molar-refractivity contribution is -0.119. The third kappa shape index (κ3) is 9.86. The molecule has 1 heterocycles. The second-order valence-electron chi connectivity index (χ2n) is 16.7. The van der Waals surface area contributed by atoms with Crippen LogP contribution in [-0.2, 0) is 29.8 Å². The first kappa shape index (κ1) is 46.6. The molecule has 13 nitrogen and oxygen atoms in total. The number of hydrogen-bond acceptors (Lipinski definition) is 9. The highest BCUT2D eigenvalue weighted by atomic mass is 32.2. The highest BCUT2D eigenvalue weighted by Gasteiger charge is 2.27. The Morgan fingerprint density at radius 2 is 1.33 bits per heavy atom. The van der Waals surface area contributed by atoms with Gasteiger partial charge in [0.1, 0.15) is 21.1 Å². The zero-order valence-corrected chi connectivity index (χ0v) is 38.8. The molecular formula is C48H54N4O9S2. The summed E-state index contributed by atoms with van der Waals surface area (Å²) in [6.45, 7) is 19.1. The number of nitrogens with one attached hydrogen (secondary N) is 3. The molecule has 4 aromatic rings. The van der Waals surface area contributed by atoms with Crippen LogP contribution in [0.1, 0.15) is 80.3 Å². The lowest BCUT2D eigenvalue weighted by Gasteiger charge is -2.22. The maximum Gasteiger partial charge on any atom is 0.296 e. The molecule has 63 heavy (non-hydrogen) atoms. The van der Waals surface area contributed by atoms with E-state index in [9.17, 15) is 35.5 Å². The van der Waals surface area contributed by atoms with Gasteiger partial charge in [-0.1, -0.05) is 58.0 Å². The molecule has 1 aliphatic carbocycles. The first-order valence-corrected chi connectivity index (χ1v) is 23.6. The van der Waals surface area contributed by atoms with Crippen LogP contribution in [0.3, 0.4) is 0 Å². The molecule has 2 aliphatic rings. The topological polar surface area (TPSA) is 204 Å². The van der Waals surface area contributed by atoms with Gasteiger partial charge in [-0.2, -0.15) is 16.8 Å². The molecule has 2 amide bonds. The predicted octanol–water partition coefficient (Wildman–Crippen LogP) is 10.9. The number of aryl methyl sites for hydroxylation is 4. The van der Waals surface area contributed by atoms with Gasteiger partial charge in [0.05, 0.1) is 16.7 Å². The summed E-state index contributed by atoms with van der Waals surface area (Å²) in [6, 6.07) is 17.2. The van der Waals surface area contributed by atoms with Gasteiger partial charge in [0.25, 0.3) is 20.2 Å². The fourth-order valence-corrected chi connectivity index (χ4v) is 9.25. The van der Waals surface area contributed by atoms with E-state index in [1.54, 1.807) is 31.2 Å². The minimum atomic E-state index is -4.97. The van der Waals surface area contributed by atoms with Gasteiger partial charge < -0.3 is 20.4 Å². The van der Waals surface area contributed by atoms with Crippen molar-refractivity contribution in [3.8, 4) is 22.5 Å². The fraction of sp³-hybridized carbons (Fsp3) is 0.312. The Bertz CT molecular complexity index is 3080. The highest BCUT2D eigenvalue weighted by molar-refractivity contribution is 7.86. The van der Waals surface area contributed by atoms with E-state index in [0.717, 1.165) is 27.8 Å². The predicted molar refractivity (Wildman–Crippen MR) is 248 cm³/mol. The van der Waals surface area contributed by atoms with E-state index < -0.39 is 30.0 Å². The van der Waals surface area contributed by atoms with Gasteiger partial charge >= 0.3 is 0 Å². The van der Waals surface area contributed by atoms with E-state index >= 15 is 0 Å². The number of carbonyl (C=O) groups excluding carboxylic acids is 2. The summed E-state index contributed by atoms with van der Waals surface area (Å²) in [5.41, 5.74) is 7.62. The number of anilines is 4. The number of hydrogen-bond donors (Lipinski definition) is 5. The minimum Gasteiger partial charge on any atom is -0.456 e. The van der Waals surface area contributed by atoms with Gasteiger partial charge in [-0.25, -0.2) is 4.99 Å². The van der Waals surface area contributed by atoms with Gasteiger partial charge in [-0.15, -0.1) is 0 Å². The van der Waals surface area contributed by atoms with E-state index in [0.29, 0.717) is 64.4 Å². The molecule has 0 saturated carbocycles. The standard InChI is InChI=1S/C48H54N4O9S2/c1-11-26(4)48(54)52-47-30(8)20-27(5)44(31(47)9)49-33-17-18-34-38(22-33)61-39-24-37(50-45-28(6)21-29(7)46(32(45)10)51-42(53)19-16-25(2)3)41(63(58,59)60)23-36(39)43(34)35-14-12-13-15-40(35)62(55,56)57/h12-15,17-18,20-26,50H,11,16,19H2,1-10H3,(H,51,53)(H,52,54)(H,55,56,57)(H,58,59,60)/b49-33-. The van der Waals surface area contributed by atoms with Gasteiger partial charge in [-0.05, 0) is 118 Å². The van der Waals surface area contributed by atoms with Crippen LogP contribution in [0, 0.1) is 53.4 Å². The molecule has 0 saturated heterocycles. The summed E-state index contributed by atoms with van der Waals surface area (Å²) < 4.78 is 79.9. The Labute approximate surface area is 368 Å². The molecule has 0 fully saturated rings. The van der Waals surface area contributed by atoms with Crippen molar-refractivity contribution >= 4 is 71.5 Å². The first-order valence-electron chi connectivity index (χ1n) is 20.7. The lowest BCUT2D eigenvalue weighted by Crippen LogP contribution is -2.21. The summed E-state index contributed by atoms with van der Waals surface area (Å²) in [7, 11) is -9.78. The van der Waals surface area contributed by atoms with E-state index in [4.69, 9.17) is 9.41 Å². The number of nitrogens with zero attached hydrogens (tertiary/aromatic N) is 1. The van der Waals surface area contributed by atoms with Crippen molar-refractivity contribution in [3.05, 3.63) is 105 Å². The van der Waals surface area contributed by atoms with E-state index in [2.05, 4.69) is 16.0 Å². The van der Waals surface area contributed by atoms with Crippen molar-refractivity contribution in [3.63, 3.8) is 0 Å². The lowest BCUT2D eigenvalue weighted by atomic mass is 9.93. The minimum absolute atomic E-state index is 0.0486. The van der Waals surface area contributed by atoms with Crippen LogP contribution in [0.5, 0.6) is 0 Å². The normalized spacial score (nSPS) is 12.9. The molecule has 1 atom stereocenters. The smallest absolute Gasteiger partial charge is 0.296 e. The van der Waals surface area contributed by atoms with E-state index in [-0.39, 0.29) is 51.3 Å². The Balaban J connectivity index is 1.62. The number of fused-ring (bicyclic) bond motifs is 2. The third-order valence-electron chi connectivity index (χ3n) is 11.4. The molecule has 0 spiro atoms. The number of carbonyl (C=O) groups is 2. The molecule has 1 aliphatic heterocycles. The Hall–Kier alpha value is -5.87. The van der Waals surface area contributed by atoms with Crippen molar-refractivity contribution in [2.24, 2.45) is 16.8 Å². The number of benzene rings is 5. The van der Waals surface area contributed by atoms with Crippen LogP contribution in [0.25, 0.3) is 33.4 Å². The molecule has 0 radical (unpaired) electrons. The van der Waals surface area contributed by atoms with Crippen LogP contribution >= 0.6 is 0 Å². The zero-order chi connectivity index (χ0) is 46.3. The summed E-state index contributed by atoms with van der Waals surface area (Å²) in [6.07, 6.45) is 1.70. The van der Waals surface area contributed by atoms with E-state index in [1.165, 1.54) is 30.3 Å². The Morgan fingerprint density at radius 3 is 1.97 bits per heavy atom. The first-order chi connectivity index (χ1) is 29.5. The van der Waals surface area contributed by atoms with Gasteiger partial charge in [0.15, 0.2) is 0 Å². The monoisotopic (exact) mass is 894 g/mol. The van der Waals surface area contributed by atoms with Crippen LogP contribution in [-0.4, -0.2) is 37.8 Å². The molecule has 0 aromatic heterocycles. The van der Waals surface area contributed by atoms with Crippen LogP contribution in [0.15, 0.2) is 85.9 Å². The molecular weight excluding hydrogens is 841 g/mol. The second kappa shape index (κ2) is 18.1. The molecule has 1 unspecified atom stereocenters. The van der Waals surface area contributed by atoms with Crippen LogP contribution in [0.2, 0.25) is 0 Å². The number of rotatable bonds is 13. The summed E-state index contributed by atoms with van der Waals surface area (Å²) in [5, 5.41) is 9.85. The summed E-state index contributed by atoms with van der Waals surface area (Å²) >= 11 is 0.